The van der Waals surface area contributed by atoms with Crippen LogP contribution in [0, 0.1) is 0 Å². The average molecular weight is 760 g/mol. The first-order chi connectivity index (χ1) is 21.4. The Kier molecular flexibility index (Phi) is 9.67. The standard InChI is InChI=1S/C18H13S.C8HF17O3S/c1-2-8-14(9-3-1)19-17-12-6-4-10-15(17)16-11-5-7-13-18(16)19;9-1(10,3(13,14)5(17,18)7(21,22)23)2(11,12)4(15,16)6(19,20)8(24,25)29(26,27)28/h1-13H;(H,26,27,28)/q+1;/p-1. The molecule has 0 aliphatic carbocycles. The molecule has 0 aliphatic heterocycles. The first kappa shape index (κ1) is 39.0. The molecule has 0 radical (unpaired) electrons. The number of rotatable bonds is 8. The second-order valence-corrected chi connectivity index (χ2v) is 12.9. The highest BCUT2D eigenvalue weighted by Gasteiger charge is 2.95. The van der Waals surface area contributed by atoms with Gasteiger partial charge in [-0.3, -0.25) is 0 Å². The topological polar surface area (TPSA) is 57.2 Å². The lowest BCUT2D eigenvalue weighted by Crippen LogP contribution is -2.75. The minimum absolute atomic E-state index is 0.0594. The first-order valence-corrected chi connectivity index (χ1v) is 14.7. The van der Waals surface area contributed by atoms with Crippen LogP contribution in [0.4, 0.5) is 74.6 Å². The van der Waals surface area contributed by atoms with Gasteiger partial charge in [0.05, 0.1) is 0 Å². The van der Waals surface area contributed by atoms with Crippen molar-refractivity contribution in [2.75, 3.05) is 0 Å². The summed E-state index contributed by atoms with van der Waals surface area (Å²) in [5.74, 6) is -52.1. The van der Waals surface area contributed by atoms with Crippen LogP contribution in [0.1, 0.15) is 0 Å². The van der Waals surface area contributed by atoms with Gasteiger partial charge in [-0.25, -0.2) is 8.42 Å². The molecule has 4 aromatic rings. The summed E-state index contributed by atoms with van der Waals surface area (Å²) in [5.41, 5.74) is 0. The van der Waals surface area contributed by atoms with Crippen LogP contribution < -0.4 is 0 Å². The van der Waals surface area contributed by atoms with E-state index < -0.39 is 57.1 Å². The smallest absolute Gasteiger partial charge is 0.460 e. The maximum Gasteiger partial charge on any atom is 0.460 e. The van der Waals surface area contributed by atoms with E-state index in [4.69, 9.17) is 0 Å². The van der Waals surface area contributed by atoms with Crippen LogP contribution in [0.15, 0.2) is 78.9 Å². The van der Waals surface area contributed by atoms with E-state index in [2.05, 4.69) is 78.9 Å². The van der Waals surface area contributed by atoms with Gasteiger partial charge >= 0.3 is 47.0 Å². The molecule has 0 atom stereocenters. The van der Waals surface area contributed by atoms with Crippen LogP contribution in [0.5, 0.6) is 0 Å². The first-order valence-electron chi connectivity index (χ1n) is 12.1. The average Bonchev–Trinajstić information content (AvgIpc) is 3.30. The van der Waals surface area contributed by atoms with Gasteiger partial charge in [0.15, 0.2) is 24.4 Å². The predicted molar refractivity (Wildman–Crippen MR) is 136 cm³/mol. The van der Waals surface area contributed by atoms with E-state index in [0.29, 0.717) is 0 Å². The van der Waals surface area contributed by atoms with Crippen molar-refractivity contribution < 1.29 is 87.6 Å². The van der Waals surface area contributed by atoms with E-state index in [1.807, 2.05) is 0 Å². The molecule has 0 N–H and O–H groups in total. The van der Waals surface area contributed by atoms with Gasteiger partial charge in [0.25, 0.3) is 0 Å². The molecule has 0 bridgehead atoms. The van der Waals surface area contributed by atoms with Crippen molar-refractivity contribution >= 4 is 40.8 Å². The van der Waals surface area contributed by atoms with Crippen LogP contribution in [-0.4, -0.2) is 59.9 Å². The second kappa shape index (κ2) is 11.9. The molecule has 4 rings (SSSR count). The third-order valence-electron chi connectivity index (χ3n) is 6.49. The Balaban J connectivity index is 0.000000279. The molecule has 1 heterocycles. The zero-order valence-electron chi connectivity index (χ0n) is 22.5. The van der Waals surface area contributed by atoms with Crippen molar-refractivity contribution in [3.8, 4) is 4.90 Å². The Morgan fingerprint density at radius 2 is 0.750 bits per heavy atom. The molecule has 0 aliphatic rings. The minimum Gasteiger partial charge on any atom is -0.743 e. The minimum atomic E-state index is -8.92. The number of halogens is 17. The zero-order valence-corrected chi connectivity index (χ0v) is 24.1. The molecule has 0 saturated heterocycles. The van der Waals surface area contributed by atoms with Crippen molar-refractivity contribution in [3.63, 3.8) is 0 Å². The SMILES string of the molecule is O=S(=O)([O-])C(F)(F)C(F)(F)C(F)(F)C(F)(F)C(F)(F)C(F)(F)C(F)(F)C(F)(F)F.c1ccc(-[s+]2c3ccccc3c3ccccc32)cc1. The fourth-order valence-corrected chi connectivity index (χ4v) is 6.81. The quantitative estimate of drug-likeness (QED) is 0.102. The van der Waals surface area contributed by atoms with Gasteiger partial charge in [-0.05, 0) is 36.4 Å². The van der Waals surface area contributed by atoms with Crippen LogP contribution in [0.25, 0.3) is 25.1 Å². The molecular formula is C26H13F17O3S2. The summed E-state index contributed by atoms with van der Waals surface area (Å²) in [6.45, 7) is 0. The highest BCUT2D eigenvalue weighted by molar-refractivity contribution is 7.86. The number of fused-ring (bicyclic) bond motifs is 3. The maximum absolute atomic E-state index is 13.0. The molecule has 1 aromatic heterocycles. The fourth-order valence-electron chi connectivity index (χ4n) is 3.97. The molecule has 0 spiro atoms. The van der Waals surface area contributed by atoms with E-state index in [1.165, 1.54) is 25.1 Å². The van der Waals surface area contributed by atoms with E-state index in [9.17, 15) is 87.6 Å². The summed E-state index contributed by atoms with van der Waals surface area (Å²) < 4.78 is 247. The summed E-state index contributed by atoms with van der Waals surface area (Å²) in [7, 11) is -8.08. The number of hydrogen-bond donors (Lipinski definition) is 0. The third-order valence-corrected chi connectivity index (χ3v) is 9.71. The van der Waals surface area contributed by atoms with Gasteiger partial charge in [-0.15, -0.1) is 0 Å². The van der Waals surface area contributed by atoms with Gasteiger partial charge in [-0.2, -0.15) is 74.6 Å². The highest BCUT2D eigenvalue weighted by Crippen LogP contribution is 2.64. The van der Waals surface area contributed by atoms with E-state index in [-0.39, 0.29) is 10.5 Å². The van der Waals surface area contributed by atoms with Crippen LogP contribution in [0.3, 0.4) is 0 Å². The lowest BCUT2D eigenvalue weighted by Gasteiger charge is -2.42. The monoisotopic (exact) mass is 760 g/mol. The molecule has 0 saturated carbocycles. The van der Waals surface area contributed by atoms with E-state index in [1.54, 1.807) is 0 Å². The summed E-state index contributed by atoms with van der Waals surface area (Å²) in [4.78, 5) is 1.40. The fraction of sp³-hybridized carbons (Fsp3) is 0.308. The molecule has 0 amide bonds. The Hall–Kier alpha value is -3.40. The molecule has 3 aromatic carbocycles. The molecule has 3 nitrogen and oxygen atoms in total. The number of hydrogen-bond acceptors (Lipinski definition) is 3. The van der Waals surface area contributed by atoms with Crippen molar-refractivity contribution in [1.29, 1.82) is 0 Å². The van der Waals surface area contributed by atoms with Gasteiger partial charge < -0.3 is 4.55 Å². The Bertz CT molecular complexity index is 1830. The molecular weight excluding hydrogens is 747 g/mol. The van der Waals surface area contributed by atoms with E-state index in [0.717, 1.165) is 0 Å². The normalized spacial score (nSPS) is 14.6. The van der Waals surface area contributed by atoms with E-state index >= 15 is 0 Å². The number of thiophene rings is 1. The molecule has 48 heavy (non-hydrogen) atoms. The predicted octanol–water partition coefficient (Wildman–Crippen LogP) is 10.2. The Labute approximate surface area is 259 Å². The number of benzene rings is 3. The van der Waals surface area contributed by atoms with Crippen molar-refractivity contribution in [2.24, 2.45) is 0 Å². The molecule has 22 heteroatoms. The van der Waals surface area contributed by atoms with Crippen molar-refractivity contribution in [2.45, 2.75) is 47.0 Å². The van der Waals surface area contributed by atoms with Gasteiger partial charge in [0.2, 0.25) is 0 Å². The molecule has 266 valence electrons. The van der Waals surface area contributed by atoms with Crippen molar-refractivity contribution in [3.05, 3.63) is 78.9 Å². The summed E-state index contributed by atoms with van der Waals surface area (Å²) >= 11 is 0. The summed E-state index contributed by atoms with van der Waals surface area (Å²) in [5, 5.41) is -5.17. The molecule has 0 unspecified atom stereocenters. The third kappa shape index (κ3) is 5.61. The Morgan fingerprint density at radius 3 is 1.10 bits per heavy atom. The number of alkyl halides is 17. The van der Waals surface area contributed by atoms with Crippen LogP contribution in [-0.2, 0) is 10.1 Å². The Morgan fingerprint density at radius 1 is 0.438 bits per heavy atom. The summed E-state index contributed by atoms with van der Waals surface area (Å²) in [6.07, 6.45) is -7.89. The zero-order chi connectivity index (χ0) is 37.2. The van der Waals surface area contributed by atoms with Gasteiger partial charge in [0, 0.05) is 21.2 Å². The lowest BCUT2D eigenvalue weighted by atomic mass is 9.91. The van der Waals surface area contributed by atoms with Gasteiger partial charge in [-0.1, -0.05) is 42.5 Å². The maximum atomic E-state index is 13.0. The highest BCUT2D eigenvalue weighted by atomic mass is 32.2. The van der Waals surface area contributed by atoms with Crippen LogP contribution >= 0.6 is 10.5 Å². The second-order valence-electron chi connectivity index (χ2n) is 9.53. The van der Waals surface area contributed by atoms with Crippen molar-refractivity contribution in [1.82, 2.24) is 0 Å². The molecule has 0 fully saturated rings. The summed E-state index contributed by atoms with van der Waals surface area (Å²) in [6, 6.07) is 28.4. The lowest BCUT2D eigenvalue weighted by molar-refractivity contribution is -0.458. The van der Waals surface area contributed by atoms with Gasteiger partial charge in [0.1, 0.15) is 0 Å². The van der Waals surface area contributed by atoms with Crippen LogP contribution in [0.2, 0.25) is 0 Å². The largest absolute Gasteiger partial charge is 0.743 e.